The molecule has 3 nitrogen and oxygen atoms in total. The fourth-order valence-corrected chi connectivity index (χ4v) is 2.39. The van der Waals surface area contributed by atoms with E-state index in [1.54, 1.807) is 0 Å². The van der Waals surface area contributed by atoms with Crippen molar-refractivity contribution in [1.29, 1.82) is 0 Å². The van der Waals surface area contributed by atoms with E-state index in [0.29, 0.717) is 13.2 Å². The number of hydrogen-bond acceptors (Lipinski definition) is 3. The lowest BCUT2D eigenvalue weighted by Gasteiger charge is -2.22. The van der Waals surface area contributed by atoms with Crippen molar-refractivity contribution in [3.8, 4) is 0 Å². The topological polar surface area (TPSA) is 41.5 Å². The maximum absolute atomic E-state index is 9.79. The van der Waals surface area contributed by atoms with Crippen molar-refractivity contribution in [2.75, 3.05) is 19.8 Å². The van der Waals surface area contributed by atoms with Crippen LogP contribution in [0.2, 0.25) is 0 Å². The number of hydrogen-bond donors (Lipinski definition) is 2. The van der Waals surface area contributed by atoms with Crippen LogP contribution in [0.3, 0.4) is 0 Å². The van der Waals surface area contributed by atoms with Gasteiger partial charge in [0.25, 0.3) is 0 Å². The normalized spacial score (nSPS) is 13.5. The van der Waals surface area contributed by atoms with Gasteiger partial charge in [-0.1, -0.05) is 64.7 Å². The summed E-state index contributed by atoms with van der Waals surface area (Å²) in [6, 6.07) is 0. The summed E-state index contributed by atoms with van der Waals surface area (Å²) in [6.07, 6.45) is 13.0. The first-order valence-electron chi connectivity index (χ1n) is 9.46. The van der Waals surface area contributed by atoms with Crippen LogP contribution >= 0.6 is 0 Å². The Morgan fingerprint density at radius 3 is 1.86 bits per heavy atom. The van der Waals surface area contributed by atoms with Gasteiger partial charge in [-0.25, -0.2) is 0 Å². The number of β-amino-alcohol motifs (C(OH)–C–C–N with tert-alkyl or cyclic N) is 1. The number of aliphatic hydroxyl groups excluding tert-OH is 1. The molecule has 0 aliphatic rings. The predicted octanol–water partition coefficient (Wildman–Crippen LogP) is 4.67. The van der Waals surface area contributed by atoms with Crippen molar-refractivity contribution in [2.45, 2.75) is 104 Å². The van der Waals surface area contributed by atoms with Crippen molar-refractivity contribution >= 4 is 0 Å². The van der Waals surface area contributed by atoms with Crippen molar-refractivity contribution in [3.05, 3.63) is 0 Å². The first-order valence-corrected chi connectivity index (χ1v) is 9.46. The molecule has 0 aromatic heterocycles. The summed E-state index contributed by atoms with van der Waals surface area (Å²) in [5.41, 5.74) is 0.0531. The molecule has 0 spiro atoms. The Hall–Kier alpha value is -0.120. The second-order valence-corrected chi connectivity index (χ2v) is 7.54. The minimum atomic E-state index is -0.401. The highest BCUT2D eigenvalue weighted by atomic mass is 16.5. The number of ether oxygens (including phenoxy) is 1. The van der Waals surface area contributed by atoms with Crippen molar-refractivity contribution in [3.63, 3.8) is 0 Å². The van der Waals surface area contributed by atoms with E-state index < -0.39 is 6.10 Å². The van der Waals surface area contributed by atoms with Gasteiger partial charge in [-0.3, -0.25) is 0 Å². The third kappa shape index (κ3) is 17.9. The van der Waals surface area contributed by atoms with Gasteiger partial charge in [0.15, 0.2) is 0 Å². The van der Waals surface area contributed by atoms with Gasteiger partial charge in [-0.2, -0.15) is 0 Å². The second-order valence-electron chi connectivity index (χ2n) is 7.54. The van der Waals surface area contributed by atoms with Gasteiger partial charge in [0.1, 0.15) is 0 Å². The summed E-state index contributed by atoms with van der Waals surface area (Å²) in [4.78, 5) is 0. The van der Waals surface area contributed by atoms with Crippen molar-refractivity contribution in [1.82, 2.24) is 5.32 Å². The molecule has 22 heavy (non-hydrogen) atoms. The molecule has 0 radical (unpaired) electrons. The van der Waals surface area contributed by atoms with Crippen LogP contribution in [0, 0.1) is 0 Å². The first-order chi connectivity index (χ1) is 10.5. The van der Waals surface area contributed by atoms with Crippen LogP contribution in [-0.2, 0) is 4.74 Å². The van der Waals surface area contributed by atoms with E-state index in [0.717, 1.165) is 13.0 Å². The highest BCUT2D eigenvalue weighted by Gasteiger charge is 2.11. The minimum Gasteiger partial charge on any atom is -0.389 e. The second kappa shape index (κ2) is 14.5. The Balaban J connectivity index is 3.17. The van der Waals surface area contributed by atoms with E-state index in [9.17, 15) is 5.11 Å². The zero-order valence-electron chi connectivity index (χ0n) is 15.6. The summed E-state index contributed by atoms with van der Waals surface area (Å²) in [5.74, 6) is 0. The molecule has 134 valence electrons. The summed E-state index contributed by atoms with van der Waals surface area (Å²) < 4.78 is 5.54. The number of rotatable bonds is 15. The zero-order valence-corrected chi connectivity index (χ0v) is 15.6. The molecule has 0 aromatic carbocycles. The van der Waals surface area contributed by atoms with Gasteiger partial charge in [0, 0.05) is 18.7 Å². The third-order valence-corrected chi connectivity index (χ3v) is 3.82. The first kappa shape index (κ1) is 21.9. The number of aliphatic hydroxyl groups is 1. The zero-order chi connectivity index (χ0) is 16.7. The Labute approximate surface area is 139 Å². The lowest BCUT2D eigenvalue weighted by Crippen LogP contribution is -2.42. The monoisotopic (exact) mass is 315 g/mol. The van der Waals surface area contributed by atoms with Crippen molar-refractivity contribution < 1.29 is 9.84 Å². The standard InChI is InChI=1S/C19H41NO2/c1-5-6-7-8-9-10-11-12-13-14-15-22-17-18(21)16-20-19(2,3)4/h18,20-21H,5-17H2,1-4H3. The summed E-state index contributed by atoms with van der Waals surface area (Å²) in [6.45, 7) is 10.4. The quantitative estimate of drug-likeness (QED) is 0.431. The summed E-state index contributed by atoms with van der Waals surface area (Å²) in [7, 11) is 0. The molecular weight excluding hydrogens is 274 g/mol. The number of unbranched alkanes of at least 4 members (excludes halogenated alkanes) is 9. The molecule has 1 unspecified atom stereocenters. The lowest BCUT2D eigenvalue weighted by molar-refractivity contribution is 0.0326. The van der Waals surface area contributed by atoms with Gasteiger partial charge < -0.3 is 15.2 Å². The molecule has 0 aliphatic carbocycles. The highest BCUT2D eigenvalue weighted by Crippen LogP contribution is 2.10. The lowest BCUT2D eigenvalue weighted by atomic mass is 10.1. The largest absolute Gasteiger partial charge is 0.389 e. The maximum Gasteiger partial charge on any atom is 0.0897 e. The maximum atomic E-state index is 9.79. The van der Waals surface area contributed by atoms with Gasteiger partial charge in [0.05, 0.1) is 12.7 Å². The van der Waals surface area contributed by atoms with Crippen molar-refractivity contribution in [2.24, 2.45) is 0 Å². The van der Waals surface area contributed by atoms with E-state index in [2.05, 4.69) is 33.0 Å². The summed E-state index contributed by atoms with van der Waals surface area (Å²) >= 11 is 0. The SMILES string of the molecule is CCCCCCCCCCCCOCC(O)CNC(C)(C)C. The summed E-state index contributed by atoms with van der Waals surface area (Å²) in [5, 5.41) is 13.1. The van der Waals surface area contributed by atoms with E-state index in [1.165, 1.54) is 57.8 Å². The smallest absolute Gasteiger partial charge is 0.0897 e. The Morgan fingerprint density at radius 2 is 1.36 bits per heavy atom. The van der Waals surface area contributed by atoms with E-state index in [1.807, 2.05) is 0 Å². The molecule has 0 saturated heterocycles. The third-order valence-electron chi connectivity index (χ3n) is 3.82. The molecular formula is C19H41NO2. The van der Waals surface area contributed by atoms with E-state index in [4.69, 9.17) is 4.74 Å². The average Bonchev–Trinajstić information content (AvgIpc) is 2.45. The molecule has 0 amide bonds. The Kier molecular flexibility index (Phi) is 14.4. The van der Waals surface area contributed by atoms with Crippen LogP contribution in [-0.4, -0.2) is 36.5 Å². The Morgan fingerprint density at radius 1 is 0.864 bits per heavy atom. The number of nitrogens with one attached hydrogen (secondary N) is 1. The Bertz CT molecular complexity index is 226. The average molecular weight is 316 g/mol. The highest BCUT2D eigenvalue weighted by molar-refractivity contribution is 4.72. The molecule has 0 aromatic rings. The van der Waals surface area contributed by atoms with Crippen LogP contribution in [0.1, 0.15) is 91.9 Å². The molecule has 0 fully saturated rings. The molecule has 0 aliphatic heterocycles. The molecule has 0 saturated carbocycles. The van der Waals surface area contributed by atoms with Crippen LogP contribution in [0.4, 0.5) is 0 Å². The van der Waals surface area contributed by atoms with Crippen LogP contribution < -0.4 is 5.32 Å². The van der Waals surface area contributed by atoms with E-state index in [-0.39, 0.29) is 5.54 Å². The molecule has 2 N–H and O–H groups in total. The molecule has 0 rings (SSSR count). The molecule has 0 heterocycles. The van der Waals surface area contributed by atoms with Crippen LogP contribution in [0.5, 0.6) is 0 Å². The van der Waals surface area contributed by atoms with Gasteiger partial charge in [-0.05, 0) is 27.2 Å². The van der Waals surface area contributed by atoms with Gasteiger partial charge >= 0.3 is 0 Å². The molecule has 1 atom stereocenters. The fraction of sp³-hybridized carbons (Fsp3) is 1.00. The fourth-order valence-electron chi connectivity index (χ4n) is 2.39. The van der Waals surface area contributed by atoms with Gasteiger partial charge in [0.2, 0.25) is 0 Å². The van der Waals surface area contributed by atoms with Crippen LogP contribution in [0.15, 0.2) is 0 Å². The predicted molar refractivity (Wildman–Crippen MR) is 96.4 cm³/mol. The van der Waals surface area contributed by atoms with E-state index >= 15 is 0 Å². The molecule has 0 bridgehead atoms. The minimum absolute atomic E-state index is 0.0531. The van der Waals surface area contributed by atoms with Crippen LogP contribution in [0.25, 0.3) is 0 Å². The molecule has 3 heteroatoms. The van der Waals surface area contributed by atoms with Gasteiger partial charge in [-0.15, -0.1) is 0 Å².